The summed E-state index contributed by atoms with van der Waals surface area (Å²) in [5.41, 5.74) is 2.49. The molecule has 0 aliphatic carbocycles. The van der Waals surface area contributed by atoms with Crippen molar-refractivity contribution in [1.82, 2.24) is 4.57 Å². The number of aliphatic hydroxyl groups is 1. The Morgan fingerprint density at radius 2 is 1.92 bits per heavy atom. The van der Waals surface area contributed by atoms with Crippen molar-refractivity contribution in [3.63, 3.8) is 0 Å². The number of pyridine rings is 1. The maximum atomic E-state index is 12.6. The van der Waals surface area contributed by atoms with Gasteiger partial charge >= 0.3 is 0 Å². The Balaban J connectivity index is 1.87. The smallest absolute Gasteiger partial charge is 0.258 e. The highest BCUT2D eigenvalue weighted by atomic mass is 16.3. The number of benzene rings is 2. The predicted octanol–water partition coefficient (Wildman–Crippen LogP) is 2.87. The van der Waals surface area contributed by atoms with E-state index in [0.29, 0.717) is 16.5 Å². The van der Waals surface area contributed by atoms with Crippen LogP contribution < -0.4 is 10.9 Å². The van der Waals surface area contributed by atoms with Crippen LogP contribution in [0.5, 0.6) is 0 Å². The Morgan fingerprint density at radius 1 is 1.15 bits per heavy atom. The minimum absolute atomic E-state index is 0.128. The number of amides is 1. The standard InChI is InChI=1S/C21H22N2O3/c1-14-5-3-6-16(11-14)12-20(25)22-19-8-4-7-18-17(19)9-10-23(21(18)26)13-15(2)24/h3-11,15,24H,12-13H2,1-2H3,(H,22,25). The van der Waals surface area contributed by atoms with Gasteiger partial charge in [-0.05, 0) is 37.6 Å². The van der Waals surface area contributed by atoms with Gasteiger partial charge in [-0.1, -0.05) is 35.9 Å². The maximum absolute atomic E-state index is 12.6. The summed E-state index contributed by atoms with van der Waals surface area (Å²) in [5.74, 6) is -0.128. The molecule has 0 aliphatic heterocycles. The monoisotopic (exact) mass is 350 g/mol. The fourth-order valence-electron chi connectivity index (χ4n) is 3.06. The normalized spacial score (nSPS) is 12.1. The molecular weight excluding hydrogens is 328 g/mol. The molecule has 0 saturated heterocycles. The fourth-order valence-corrected chi connectivity index (χ4v) is 3.06. The molecule has 0 radical (unpaired) electrons. The van der Waals surface area contributed by atoms with Crippen LogP contribution in [-0.4, -0.2) is 21.7 Å². The lowest BCUT2D eigenvalue weighted by molar-refractivity contribution is -0.115. The molecule has 0 bridgehead atoms. The summed E-state index contributed by atoms with van der Waals surface area (Å²) < 4.78 is 1.48. The van der Waals surface area contributed by atoms with E-state index < -0.39 is 6.10 Å². The summed E-state index contributed by atoms with van der Waals surface area (Å²) in [6.45, 7) is 3.86. The highest BCUT2D eigenvalue weighted by Crippen LogP contribution is 2.21. The highest BCUT2D eigenvalue weighted by molar-refractivity contribution is 6.02. The van der Waals surface area contributed by atoms with Gasteiger partial charge in [0.1, 0.15) is 0 Å². The molecule has 0 spiro atoms. The SMILES string of the molecule is Cc1cccc(CC(=O)Nc2cccc3c(=O)n(CC(C)O)ccc23)c1. The molecular formula is C21H22N2O3. The van der Waals surface area contributed by atoms with E-state index in [1.54, 1.807) is 37.4 Å². The van der Waals surface area contributed by atoms with Gasteiger partial charge < -0.3 is 15.0 Å². The number of nitrogens with zero attached hydrogens (tertiary/aromatic N) is 1. The Bertz CT molecular complexity index is 1010. The van der Waals surface area contributed by atoms with Crippen LogP contribution in [0.4, 0.5) is 5.69 Å². The van der Waals surface area contributed by atoms with Crippen LogP contribution in [0.2, 0.25) is 0 Å². The number of aryl methyl sites for hydroxylation is 1. The van der Waals surface area contributed by atoms with Gasteiger partial charge in [-0.3, -0.25) is 9.59 Å². The second kappa shape index (κ2) is 7.54. The van der Waals surface area contributed by atoms with Gasteiger partial charge in [-0.15, -0.1) is 0 Å². The number of rotatable bonds is 5. The Labute approximate surface area is 151 Å². The van der Waals surface area contributed by atoms with Crippen molar-refractivity contribution in [1.29, 1.82) is 0 Å². The molecule has 0 aliphatic rings. The van der Waals surface area contributed by atoms with E-state index in [9.17, 15) is 14.7 Å². The lowest BCUT2D eigenvalue weighted by Gasteiger charge is -2.12. The van der Waals surface area contributed by atoms with E-state index in [-0.39, 0.29) is 24.4 Å². The van der Waals surface area contributed by atoms with E-state index >= 15 is 0 Å². The number of aliphatic hydroxyl groups excluding tert-OH is 1. The molecule has 26 heavy (non-hydrogen) atoms. The number of hydrogen-bond donors (Lipinski definition) is 2. The van der Waals surface area contributed by atoms with Crippen LogP contribution in [0.25, 0.3) is 10.8 Å². The van der Waals surface area contributed by atoms with E-state index in [4.69, 9.17) is 0 Å². The lowest BCUT2D eigenvalue weighted by atomic mass is 10.1. The molecule has 1 heterocycles. The van der Waals surface area contributed by atoms with E-state index in [0.717, 1.165) is 11.1 Å². The van der Waals surface area contributed by atoms with E-state index in [1.807, 2.05) is 31.2 Å². The molecule has 2 aromatic carbocycles. The minimum Gasteiger partial charge on any atom is -0.392 e. The Morgan fingerprint density at radius 3 is 2.65 bits per heavy atom. The van der Waals surface area contributed by atoms with Crippen LogP contribution in [0.3, 0.4) is 0 Å². The van der Waals surface area contributed by atoms with Crippen LogP contribution in [-0.2, 0) is 17.8 Å². The maximum Gasteiger partial charge on any atom is 0.258 e. The first-order valence-electron chi connectivity index (χ1n) is 8.59. The molecule has 134 valence electrons. The molecule has 0 saturated carbocycles. The van der Waals surface area contributed by atoms with Crippen LogP contribution in [0.1, 0.15) is 18.1 Å². The van der Waals surface area contributed by atoms with Crippen molar-refractivity contribution in [3.8, 4) is 0 Å². The van der Waals surface area contributed by atoms with Crippen LogP contribution in [0.15, 0.2) is 59.5 Å². The topological polar surface area (TPSA) is 71.3 Å². The number of hydrogen-bond acceptors (Lipinski definition) is 3. The predicted molar refractivity (Wildman–Crippen MR) is 103 cm³/mol. The number of fused-ring (bicyclic) bond motifs is 1. The molecule has 5 heteroatoms. The second-order valence-corrected chi connectivity index (χ2v) is 6.60. The van der Waals surface area contributed by atoms with Gasteiger partial charge in [-0.2, -0.15) is 0 Å². The van der Waals surface area contributed by atoms with Gasteiger partial charge in [-0.25, -0.2) is 0 Å². The molecule has 1 atom stereocenters. The van der Waals surface area contributed by atoms with Crippen molar-refractivity contribution >= 4 is 22.4 Å². The summed E-state index contributed by atoms with van der Waals surface area (Å²) in [5, 5.41) is 13.6. The third kappa shape index (κ3) is 4.00. The summed E-state index contributed by atoms with van der Waals surface area (Å²) in [6, 6.07) is 14.9. The van der Waals surface area contributed by atoms with Crippen molar-refractivity contribution in [2.45, 2.75) is 32.9 Å². The molecule has 1 unspecified atom stereocenters. The number of carbonyl (C=O) groups is 1. The number of nitrogens with one attached hydrogen (secondary N) is 1. The van der Waals surface area contributed by atoms with Crippen molar-refractivity contribution < 1.29 is 9.90 Å². The van der Waals surface area contributed by atoms with E-state index in [2.05, 4.69) is 5.32 Å². The Hall–Kier alpha value is -2.92. The zero-order chi connectivity index (χ0) is 18.7. The first-order chi connectivity index (χ1) is 12.4. The van der Waals surface area contributed by atoms with Gasteiger partial charge in [0.25, 0.3) is 5.56 Å². The zero-order valence-corrected chi connectivity index (χ0v) is 14.9. The van der Waals surface area contributed by atoms with Crippen LogP contribution >= 0.6 is 0 Å². The largest absolute Gasteiger partial charge is 0.392 e. The highest BCUT2D eigenvalue weighted by Gasteiger charge is 2.10. The summed E-state index contributed by atoms with van der Waals surface area (Å²) in [7, 11) is 0. The average Bonchev–Trinajstić information content (AvgIpc) is 2.57. The lowest BCUT2D eigenvalue weighted by Crippen LogP contribution is -2.25. The number of anilines is 1. The summed E-state index contributed by atoms with van der Waals surface area (Å²) in [4.78, 5) is 25.0. The van der Waals surface area contributed by atoms with Crippen molar-refractivity contribution in [2.75, 3.05) is 5.32 Å². The van der Waals surface area contributed by atoms with Crippen molar-refractivity contribution in [2.24, 2.45) is 0 Å². The first-order valence-corrected chi connectivity index (χ1v) is 8.59. The van der Waals surface area contributed by atoms with E-state index in [1.165, 1.54) is 4.57 Å². The molecule has 3 aromatic rings. The van der Waals surface area contributed by atoms with Crippen LogP contribution in [0, 0.1) is 6.92 Å². The molecule has 0 fully saturated rings. The Kier molecular flexibility index (Phi) is 5.19. The summed E-state index contributed by atoms with van der Waals surface area (Å²) >= 11 is 0. The minimum atomic E-state index is -0.609. The first kappa shape index (κ1) is 17.9. The third-order valence-electron chi connectivity index (χ3n) is 4.20. The van der Waals surface area contributed by atoms with Gasteiger partial charge in [0.2, 0.25) is 5.91 Å². The van der Waals surface area contributed by atoms with Gasteiger partial charge in [0.05, 0.1) is 19.1 Å². The zero-order valence-electron chi connectivity index (χ0n) is 14.9. The van der Waals surface area contributed by atoms with Gasteiger partial charge in [0.15, 0.2) is 0 Å². The van der Waals surface area contributed by atoms with Crippen molar-refractivity contribution in [3.05, 3.63) is 76.2 Å². The summed E-state index contributed by atoms with van der Waals surface area (Å²) in [6.07, 6.45) is 1.31. The molecule has 3 rings (SSSR count). The second-order valence-electron chi connectivity index (χ2n) is 6.60. The van der Waals surface area contributed by atoms with Gasteiger partial charge in [0, 0.05) is 22.7 Å². The molecule has 2 N–H and O–H groups in total. The number of carbonyl (C=O) groups excluding carboxylic acids is 1. The quantitative estimate of drug-likeness (QED) is 0.743. The number of aromatic nitrogens is 1. The average molecular weight is 350 g/mol. The fraction of sp³-hybridized carbons (Fsp3) is 0.238. The molecule has 1 aromatic heterocycles. The third-order valence-corrected chi connectivity index (χ3v) is 4.20. The molecule has 5 nitrogen and oxygen atoms in total. The molecule has 1 amide bonds.